The smallest absolute Gasteiger partial charge is 0.171 e. The van der Waals surface area contributed by atoms with Gasteiger partial charge >= 0.3 is 0 Å². The van der Waals surface area contributed by atoms with Crippen molar-refractivity contribution in [2.75, 3.05) is 7.11 Å². The molecule has 19 heavy (non-hydrogen) atoms. The lowest BCUT2D eigenvalue weighted by Crippen LogP contribution is -2.01. The third-order valence-electron chi connectivity index (χ3n) is 2.90. The molecular formula is C15H15FO3. The Bertz CT molecular complexity index is 582. The number of phenols is 1. The summed E-state index contributed by atoms with van der Waals surface area (Å²) in [5, 5.41) is 9.56. The third kappa shape index (κ3) is 2.78. The zero-order valence-electron chi connectivity index (χ0n) is 10.8. The number of methoxy groups -OCH3 is 1. The van der Waals surface area contributed by atoms with E-state index in [1.807, 2.05) is 0 Å². The predicted octanol–water partition coefficient (Wildman–Crippen LogP) is 3.43. The standard InChI is InChI=1S/C15H15FO3/c1-10-12(17)6-4-7-13(10)19-9-11-5-3-8-14(18-2)15(11)16/h3-8,17H,9H2,1-2H3. The number of hydrogen-bond donors (Lipinski definition) is 1. The van der Waals surface area contributed by atoms with Crippen molar-refractivity contribution in [2.24, 2.45) is 0 Å². The molecule has 0 radical (unpaired) electrons. The molecule has 0 fully saturated rings. The molecule has 0 aliphatic rings. The molecule has 2 aromatic carbocycles. The molecule has 0 amide bonds. The van der Waals surface area contributed by atoms with E-state index in [1.165, 1.54) is 7.11 Å². The van der Waals surface area contributed by atoms with E-state index in [0.717, 1.165) is 0 Å². The highest BCUT2D eigenvalue weighted by Crippen LogP contribution is 2.27. The fourth-order valence-corrected chi connectivity index (χ4v) is 1.74. The molecular weight excluding hydrogens is 247 g/mol. The third-order valence-corrected chi connectivity index (χ3v) is 2.90. The number of rotatable bonds is 4. The maximum atomic E-state index is 13.9. The first-order valence-corrected chi connectivity index (χ1v) is 5.86. The van der Waals surface area contributed by atoms with Gasteiger partial charge in [-0.15, -0.1) is 0 Å². The molecule has 0 saturated carbocycles. The van der Waals surface area contributed by atoms with Crippen LogP contribution in [-0.4, -0.2) is 12.2 Å². The molecule has 3 nitrogen and oxygen atoms in total. The van der Waals surface area contributed by atoms with Crippen LogP contribution in [0.3, 0.4) is 0 Å². The van der Waals surface area contributed by atoms with Crippen LogP contribution in [0, 0.1) is 12.7 Å². The lowest BCUT2D eigenvalue weighted by molar-refractivity contribution is 0.292. The Kier molecular flexibility index (Phi) is 3.90. The molecule has 2 rings (SSSR count). The highest BCUT2D eigenvalue weighted by molar-refractivity contribution is 5.42. The van der Waals surface area contributed by atoms with Gasteiger partial charge in [-0.3, -0.25) is 0 Å². The van der Waals surface area contributed by atoms with Gasteiger partial charge in [0, 0.05) is 11.1 Å². The van der Waals surface area contributed by atoms with Crippen molar-refractivity contribution in [1.82, 2.24) is 0 Å². The Hall–Kier alpha value is -2.23. The largest absolute Gasteiger partial charge is 0.508 e. The summed E-state index contributed by atoms with van der Waals surface area (Å²) in [6.07, 6.45) is 0. The van der Waals surface area contributed by atoms with Gasteiger partial charge in [0.2, 0.25) is 0 Å². The molecule has 0 heterocycles. The normalized spacial score (nSPS) is 10.3. The van der Waals surface area contributed by atoms with Gasteiger partial charge in [-0.05, 0) is 25.1 Å². The van der Waals surface area contributed by atoms with Crippen LogP contribution in [0.5, 0.6) is 17.2 Å². The summed E-state index contributed by atoms with van der Waals surface area (Å²) in [6.45, 7) is 1.82. The first-order valence-electron chi connectivity index (χ1n) is 5.86. The summed E-state index contributed by atoms with van der Waals surface area (Å²) in [6, 6.07) is 9.88. The molecule has 0 unspecified atom stereocenters. The van der Waals surface area contributed by atoms with Gasteiger partial charge in [-0.2, -0.15) is 0 Å². The zero-order chi connectivity index (χ0) is 13.8. The quantitative estimate of drug-likeness (QED) is 0.917. The van der Waals surface area contributed by atoms with E-state index in [4.69, 9.17) is 9.47 Å². The number of hydrogen-bond acceptors (Lipinski definition) is 3. The number of phenolic OH excluding ortho intramolecular Hbond substituents is 1. The highest BCUT2D eigenvalue weighted by Gasteiger charge is 2.10. The van der Waals surface area contributed by atoms with Crippen molar-refractivity contribution < 1.29 is 19.0 Å². The van der Waals surface area contributed by atoms with Crippen molar-refractivity contribution in [3.8, 4) is 17.2 Å². The zero-order valence-corrected chi connectivity index (χ0v) is 10.8. The Morgan fingerprint density at radius 2 is 1.79 bits per heavy atom. The van der Waals surface area contributed by atoms with Gasteiger partial charge in [0.15, 0.2) is 11.6 Å². The summed E-state index contributed by atoms with van der Waals surface area (Å²) in [5.74, 6) is 0.447. The monoisotopic (exact) mass is 262 g/mol. The average Bonchev–Trinajstić information content (AvgIpc) is 2.42. The molecule has 4 heteroatoms. The predicted molar refractivity (Wildman–Crippen MR) is 70.1 cm³/mol. The minimum absolute atomic E-state index is 0.0767. The average molecular weight is 262 g/mol. The summed E-state index contributed by atoms with van der Waals surface area (Å²) >= 11 is 0. The molecule has 0 spiro atoms. The summed E-state index contributed by atoms with van der Waals surface area (Å²) < 4.78 is 24.3. The number of benzene rings is 2. The van der Waals surface area contributed by atoms with E-state index < -0.39 is 5.82 Å². The molecule has 0 atom stereocenters. The molecule has 0 bridgehead atoms. The maximum absolute atomic E-state index is 13.9. The Labute approximate surface area is 111 Å². The first kappa shape index (κ1) is 13.2. The van der Waals surface area contributed by atoms with Gasteiger partial charge in [0.1, 0.15) is 18.1 Å². The van der Waals surface area contributed by atoms with E-state index in [9.17, 15) is 9.50 Å². The topological polar surface area (TPSA) is 38.7 Å². The molecule has 2 aromatic rings. The van der Waals surface area contributed by atoms with Gasteiger partial charge in [-0.1, -0.05) is 18.2 Å². The molecule has 0 aliphatic carbocycles. The lowest BCUT2D eigenvalue weighted by atomic mass is 10.2. The van der Waals surface area contributed by atoms with Gasteiger partial charge in [0.25, 0.3) is 0 Å². The van der Waals surface area contributed by atoms with Crippen LogP contribution < -0.4 is 9.47 Å². The second-order valence-electron chi connectivity index (χ2n) is 4.12. The number of aromatic hydroxyl groups is 1. The van der Waals surface area contributed by atoms with Crippen LogP contribution in [0.25, 0.3) is 0 Å². The van der Waals surface area contributed by atoms with E-state index in [-0.39, 0.29) is 18.1 Å². The van der Waals surface area contributed by atoms with Crippen LogP contribution in [0.4, 0.5) is 4.39 Å². The Morgan fingerprint density at radius 1 is 1.11 bits per heavy atom. The van der Waals surface area contributed by atoms with Crippen LogP contribution in [0.1, 0.15) is 11.1 Å². The molecule has 0 aliphatic heterocycles. The molecule has 0 aromatic heterocycles. The number of halogens is 1. The van der Waals surface area contributed by atoms with E-state index in [1.54, 1.807) is 43.3 Å². The lowest BCUT2D eigenvalue weighted by Gasteiger charge is -2.11. The van der Waals surface area contributed by atoms with Crippen molar-refractivity contribution >= 4 is 0 Å². The molecule has 1 N–H and O–H groups in total. The van der Waals surface area contributed by atoms with Crippen molar-refractivity contribution in [2.45, 2.75) is 13.5 Å². The number of ether oxygens (including phenoxy) is 2. The van der Waals surface area contributed by atoms with Crippen LogP contribution in [0.2, 0.25) is 0 Å². The van der Waals surface area contributed by atoms with Crippen LogP contribution >= 0.6 is 0 Å². The van der Waals surface area contributed by atoms with Crippen LogP contribution in [0.15, 0.2) is 36.4 Å². The van der Waals surface area contributed by atoms with Crippen molar-refractivity contribution in [3.05, 3.63) is 53.3 Å². The fourth-order valence-electron chi connectivity index (χ4n) is 1.74. The maximum Gasteiger partial charge on any atom is 0.171 e. The molecule has 0 saturated heterocycles. The summed E-state index contributed by atoms with van der Waals surface area (Å²) in [7, 11) is 1.42. The SMILES string of the molecule is COc1cccc(COc2cccc(O)c2C)c1F. The van der Waals surface area contributed by atoms with Gasteiger partial charge in [-0.25, -0.2) is 4.39 Å². The first-order chi connectivity index (χ1) is 9.13. The Morgan fingerprint density at radius 3 is 2.53 bits per heavy atom. The summed E-state index contributed by atoms with van der Waals surface area (Å²) in [5.41, 5.74) is 1.04. The Balaban J connectivity index is 2.17. The van der Waals surface area contributed by atoms with E-state index in [0.29, 0.717) is 16.9 Å². The van der Waals surface area contributed by atoms with Crippen LogP contribution in [-0.2, 0) is 6.61 Å². The van der Waals surface area contributed by atoms with Crippen molar-refractivity contribution in [3.63, 3.8) is 0 Å². The molecule has 100 valence electrons. The van der Waals surface area contributed by atoms with Crippen molar-refractivity contribution in [1.29, 1.82) is 0 Å². The van der Waals surface area contributed by atoms with E-state index >= 15 is 0 Å². The fraction of sp³-hybridized carbons (Fsp3) is 0.200. The second kappa shape index (κ2) is 5.61. The van der Waals surface area contributed by atoms with E-state index in [2.05, 4.69) is 0 Å². The summed E-state index contributed by atoms with van der Waals surface area (Å²) in [4.78, 5) is 0. The highest BCUT2D eigenvalue weighted by atomic mass is 19.1. The minimum atomic E-state index is -0.428. The minimum Gasteiger partial charge on any atom is -0.508 e. The second-order valence-corrected chi connectivity index (χ2v) is 4.12. The van der Waals surface area contributed by atoms with Gasteiger partial charge < -0.3 is 14.6 Å². The van der Waals surface area contributed by atoms with Gasteiger partial charge in [0.05, 0.1) is 7.11 Å².